The van der Waals surface area contributed by atoms with E-state index in [1.54, 1.807) is 12.1 Å². The zero-order valence-electron chi connectivity index (χ0n) is 11.1. The van der Waals surface area contributed by atoms with E-state index in [0.29, 0.717) is 5.56 Å². The van der Waals surface area contributed by atoms with Crippen LogP contribution in [-0.4, -0.2) is 20.5 Å². The summed E-state index contributed by atoms with van der Waals surface area (Å²) in [6, 6.07) is 13.2. The van der Waals surface area contributed by atoms with Gasteiger partial charge in [0.1, 0.15) is 0 Å². The van der Waals surface area contributed by atoms with Gasteiger partial charge in [0.25, 0.3) is 0 Å². The maximum Gasteiger partial charge on any atom is 0.248 e. The highest BCUT2D eigenvalue weighted by Gasteiger charge is 2.09. The Labute approximate surface area is 120 Å². The van der Waals surface area contributed by atoms with Gasteiger partial charge in [-0.1, -0.05) is 6.07 Å². The summed E-state index contributed by atoms with van der Waals surface area (Å²) in [7, 11) is 0. The standard InChI is InChI=1S/C16H12N4O/c17-16(21)11-4-5-13-10(8-11)3-6-14(19-13)12-9-18-20-7-1-2-15(12)20/h1-9,18H,(H2,17,21). The number of primary amides is 1. The van der Waals surface area contributed by atoms with Gasteiger partial charge < -0.3 is 10.8 Å². The molecule has 0 unspecified atom stereocenters. The maximum atomic E-state index is 11.2. The largest absolute Gasteiger partial charge is 0.366 e. The van der Waals surface area contributed by atoms with Gasteiger partial charge in [-0.25, -0.2) is 4.98 Å². The average Bonchev–Trinajstić information content (AvgIpc) is 3.09. The first-order chi connectivity index (χ1) is 10.2. The number of pyridine rings is 1. The number of H-pyrrole nitrogens is 1. The molecule has 0 saturated carbocycles. The van der Waals surface area contributed by atoms with Gasteiger partial charge in [0, 0.05) is 28.9 Å². The highest BCUT2D eigenvalue weighted by Crippen LogP contribution is 2.25. The lowest BCUT2D eigenvalue weighted by Gasteiger charge is -2.03. The first kappa shape index (κ1) is 11.7. The molecule has 5 nitrogen and oxygen atoms in total. The van der Waals surface area contributed by atoms with Crippen molar-refractivity contribution < 1.29 is 4.79 Å². The molecular weight excluding hydrogens is 264 g/mol. The van der Waals surface area contributed by atoms with E-state index in [0.717, 1.165) is 27.7 Å². The number of aromatic amines is 1. The van der Waals surface area contributed by atoms with Crippen molar-refractivity contribution in [3.63, 3.8) is 0 Å². The van der Waals surface area contributed by atoms with Gasteiger partial charge in [0.05, 0.1) is 16.7 Å². The van der Waals surface area contributed by atoms with Gasteiger partial charge in [-0.05, 0) is 36.4 Å². The third kappa shape index (κ3) is 1.79. The van der Waals surface area contributed by atoms with Crippen molar-refractivity contribution in [1.82, 2.24) is 14.6 Å². The molecule has 0 bridgehead atoms. The predicted octanol–water partition coefficient (Wildman–Crippen LogP) is 2.58. The predicted molar refractivity (Wildman–Crippen MR) is 81.0 cm³/mol. The molecule has 0 spiro atoms. The number of rotatable bonds is 2. The Morgan fingerprint density at radius 2 is 2.10 bits per heavy atom. The van der Waals surface area contributed by atoms with Crippen molar-refractivity contribution in [2.24, 2.45) is 5.73 Å². The molecule has 0 saturated heterocycles. The lowest BCUT2D eigenvalue weighted by Crippen LogP contribution is -2.10. The summed E-state index contributed by atoms with van der Waals surface area (Å²) in [5.74, 6) is -0.429. The molecule has 0 fully saturated rings. The number of aromatic nitrogens is 3. The van der Waals surface area contributed by atoms with E-state index < -0.39 is 5.91 Å². The highest BCUT2D eigenvalue weighted by atomic mass is 16.1. The van der Waals surface area contributed by atoms with Crippen molar-refractivity contribution in [3.8, 4) is 11.3 Å². The molecule has 3 heterocycles. The van der Waals surface area contributed by atoms with Crippen molar-refractivity contribution in [1.29, 1.82) is 0 Å². The lowest BCUT2D eigenvalue weighted by atomic mass is 10.1. The highest BCUT2D eigenvalue weighted by molar-refractivity contribution is 5.97. The fourth-order valence-corrected chi connectivity index (χ4v) is 2.56. The van der Waals surface area contributed by atoms with E-state index in [1.807, 2.05) is 47.2 Å². The Bertz CT molecular complexity index is 980. The fraction of sp³-hybridized carbons (Fsp3) is 0. The van der Waals surface area contributed by atoms with Crippen LogP contribution in [-0.2, 0) is 0 Å². The van der Waals surface area contributed by atoms with Gasteiger partial charge in [0.15, 0.2) is 0 Å². The van der Waals surface area contributed by atoms with Gasteiger partial charge >= 0.3 is 0 Å². The molecule has 5 heteroatoms. The molecule has 0 aliphatic rings. The molecule has 1 amide bonds. The Balaban J connectivity index is 1.89. The fourth-order valence-electron chi connectivity index (χ4n) is 2.56. The molecule has 1 aromatic carbocycles. The molecule has 0 aliphatic heterocycles. The summed E-state index contributed by atoms with van der Waals surface area (Å²) in [6.07, 6.45) is 3.89. The topological polar surface area (TPSA) is 76.2 Å². The third-order valence-corrected chi connectivity index (χ3v) is 3.62. The summed E-state index contributed by atoms with van der Waals surface area (Å²) in [5, 5.41) is 4.05. The van der Waals surface area contributed by atoms with Gasteiger partial charge in [-0.2, -0.15) is 0 Å². The quantitative estimate of drug-likeness (QED) is 0.590. The number of fused-ring (bicyclic) bond motifs is 2. The number of amides is 1. The van der Waals surface area contributed by atoms with Gasteiger partial charge in [-0.3, -0.25) is 9.31 Å². The van der Waals surface area contributed by atoms with Crippen LogP contribution in [0.4, 0.5) is 0 Å². The second-order valence-electron chi connectivity index (χ2n) is 4.92. The zero-order valence-corrected chi connectivity index (χ0v) is 11.1. The number of benzene rings is 1. The molecule has 3 aromatic heterocycles. The number of carbonyl (C=O) groups is 1. The van der Waals surface area contributed by atoms with Crippen LogP contribution in [0.25, 0.3) is 27.7 Å². The van der Waals surface area contributed by atoms with Crippen LogP contribution in [0.3, 0.4) is 0 Å². The SMILES string of the molecule is NC(=O)c1ccc2nc(-c3c[nH]n4cccc34)ccc2c1. The average molecular weight is 276 g/mol. The first-order valence-electron chi connectivity index (χ1n) is 6.58. The number of nitrogens with one attached hydrogen (secondary N) is 1. The minimum absolute atomic E-state index is 0.429. The van der Waals surface area contributed by atoms with E-state index in [1.165, 1.54) is 0 Å². The smallest absolute Gasteiger partial charge is 0.248 e. The lowest BCUT2D eigenvalue weighted by molar-refractivity contribution is 0.100. The molecule has 102 valence electrons. The van der Waals surface area contributed by atoms with Crippen molar-refractivity contribution in [2.75, 3.05) is 0 Å². The number of hydrogen-bond acceptors (Lipinski definition) is 2. The molecule has 0 atom stereocenters. The zero-order chi connectivity index (χ0) is 14.4. The summed E-state index contributed by atoms with van der Waals surface area (Å²) in [4.78, 5) is 15.9. The van der Waals surface area contributed by atoms with Crippen LogP contribution in [0, 0.1) is 0 Å². The van der Waals surface area contributed by atoms with Crippen LogP contribution in [0.5, 0.6) is 0 Å². The summed E-state index contributed by atoms with van der Waals surface area (Å²) in [5.41, 5.74) is 9.64. The minimum atomic E-state index is -0.429. The summed E-state index contributed by atoms with van der Waals surface area (Å²) in [6.45, 7) is 0. The second kappa shape index (κ2) is 4.21. The molecule has 21 heavy (non-hydrogen) atoms. The maximum absolute atomic E-state index is 11.2. The molecule has 4 rings (SSSR count). The number of carbonyl (C=O) groups excluding carboxylic acids is 1. The molecule has 4 aromatic rings. The van der Waals surface area contributed by atoms with E-state index in [-0.39, 0.29) is 0 Å². The van der Waals surface area contributed by atoms with Crippen LogP contribution >= 0.6 is 0 Å². The monoisotopic (exact) mass is 276 g/mol. The van der Waals surface area contributed by atoms with Gasteiger partial charge in [-0.15, -0.1) is 0 Å². The van der Waals surface area contributed by atoms with Crippen LogP contribution < -0.4 is 5.73 Å². The number of hydrogen-bond donors (Lipinski definition) is 2. The molecule has 3 N–H and O–H groups in total. The first-order valence-corrected chi connectivity index (χ1v) is 6.58. The Morgan fingerprint density at radius 3 is 2.95 bits per heavy atom. The number of nitrogens with zero attached hydrogens (tertiary/aromatic N) is 2. The van der Waals surface area contributed by atoms with Crippen LogP contribution in [0.2, 0.25) is 0 Å². The van der Waals surface area contributed by atoms with E-state index >= 15 is 0 Å². The Morgan fingerprint density at radius 1 is 1.19 bits per heavy atom. The normalized spacial score (nSPS) is 11.2. The molecular formula is C16H12N4O. The van der Waals surface area contributed by atoms with Crippen molar-refractivity contribution in [2.45, 2.75) is 0 Å². The summed E-state index contributed by atoms with van der Waals surface area (Å²) >= 11 is 0. The van der Waals surface area contributed by atoms with Crippen molar-refractivity contribution >= 4 is 22.3 Å². The summed E-state index contributed by atoms with van der Waals surface area (Å²) < 4.78 is 1.94. The van der Waals surface area contributed by atoms with Crippen LogP contribution in [0.15, 0.2) is 54.9 Å². The molecule has 0 aliphatic carbocycles. The van der Waals surface area contributed by atoms with E-state index in [2.05, 4.69) is 10.1 Å². The van der Waals surface area contributed by atoms with Crippen LogP contribution in [0.1, 0.15) is 10.4 Å². The van der Waals surface area contributed by atoms with E-state index in [4.69, 9.17) is 5.73 Å². The third-order valence-electron chi connectivity index (χ3n) is 3.62. The minimum Gasteiger partial charge on any atom is -0.366 e. The van der Waals surface area contributed by atoms with Gasteiger partial charge in [0.2, 0.25) is 5.91 Å². The Hall–Kier alpha value is -3.08. The second-order valence-corrected chi connectivity index (χ2v) is 4.92. The Kier molecular flexibility index (Phi) is 2.35. The van der Waals surface area contributed by atoms with Crippen molar-refractivity contribution in [3.05, 3.63) is 60.4 Å². The molecule has 0 radical (unpaired) electrons. The van der Waals surface area contributed by atoms with E-state index in [9.17, 15) is 4.79 Å². The number of nitrogens with two attached hydrogens (primary N) is 1.